The van der Waals surface area contributed by atoms with E-state index in [2.05, 4.69) is 0 Å². The predicted molar refractivity (Wildman–Crippen MR) is 75.8 cm³/mol. The summed E-state index contributed by atoms with van der Waals surface area (Å²) in [5, 5.41) is 0. The first-order chi connectivity index (χ1) is 9.66. The summed E-state index contributed by atoms with van der Waals surface area (Å²) in [4.78, 5) is 13.7. The smallest absolute Gasteiger partial charge is 0.231 e. The van der Waals surface area contributed by atoms with E-state index in [9.17, 15) is 9.18 Å². The molecule has 1 unspecified atom stereocenters. The molecular formula is C16H15FN2O. The molecule has 1 atom stereocenters. The van der Waals surface area contributed by atoms with Crippen LogP contribution in [0.15, 0.2) is 48.5 Å². The maximum Gasteiger partial charge on any atom is 0.231 e. The van der Waals surface area contributed by atoms with Crippen LogP contribution in [0.1, 0.15) is 17.2 Å². The summed E-state index contributed by atoms with van der Waals surface area (Å²) in [5.74, 6) is -0.321. The van der Waals surface area contributed by atoms with Crippen molar-refractivity contribution in [2.45, 2.75) is 12.5 Å². The molecule has 0 saturated carbocycles. The Morgan fingerprint density at radius 1 is 1.15 bits per heavy atom. The number of fused-ring (bicyclic) bond motifs is 1. The second-order valence-corrected chi connectivity index (χ2v) is 4.94. The Kier molecular flexibility index (Phi) is 3.24. The van der Waals surface area contributed by atoms with Crippen LogP contribution < -0.4 is 10.6 Å². The van der Waals surface area contributed by atoms with E-state index >= 15 is 0 Å². The Morgan fingerprint density at radius 3 is 2.65 bits per heavy atom. The fraction of sp³-hybridized carbons (Fsp3) is 0.188. The highest BCUT2D eigenvalue weighted by Gasteiger charge is 2.28. The first-order valence-corrected chi connectivity index (χ1v) is 6.55. The summed E-state index contributed by atoms with van der Waals surface area (Å²) in [6.45, 7) is 0.288. The van der Waals surface area contributed by atoms with Crippen molar-refractivity contribution < 1.29 is 9.18 Å². The van der Waals surface area contributed by atoms with Crippen LogP contribution in [0.4, 0.5) is 10.1 Å². The highest BCUT2D eigenvalue weighted by Crippen LogP contribution is 2.30. The summed E-state index contributed by atoms with van der Waals surface area (Å²) in [6.07, 6.45) is 0.389. The number of benzene rings is 2. The summed E-state index contributed by atoms with van der Waals surface area (Å²) in [5.41, 5.74) is 8.37. The minimum Gasteiger partial charge on any atom is -0.322 e. The maximum absolute atomic E-state index is 13.7. The minimum atomic E-state index is -0.536. The standard InChI is InChI=1S/C16H15FN2O/c17-13-7-3-2-6-12(13)14(18)10-19-15-8-4-1-5-11(15)9-16(19)20/h1-8,14H,9-10,18H2. The number of carbonyl (C=O) groups excluding carboxylic acids is 1. The average Bonchev–Trinajstić information content (AvgIpc) is 2.76. The molecule has 1 amide bonds. The highest BCUT2D eigenvalue weighted by atomic mass is 19.1. The number of carbonyl (C=O) groups is 1. The van der Waals surface area contributed by atoms with E-state index in [4.69, 9.17) is 5.73 Å². The molecule has 1 aliphatic rings. The van der Waals surface area contributed by atoms with Gasteiger partial charge in [-0.15, -0.1) is 0 Å². The largest absolute Gasteiger partial charge is 0.322 e. The van der Waals surface area contributed by atoms with Gasteiger partial charge in [0.05, 0.1) is 12.5 Å². The van der Waals surface area contributed by atoms with E-state index in [1.54, 1.807) is 23.1 Å². The number of nitrogens with two attached hydrogens (primary N) is 1. The van der Waals surface area contributed by atoms with Gasteiger partial charge < -0.3 is 10.6 Å². The number of amides is 1. The molecule has 2 aromatic carbocycles. The first-order valence-electron chi connectivity index (χ1n) is 6.55. The van der Waals surface area contributed by atoms with Crippen molar-refractivity contribution in [3.8, 4) is 0 Å². The van der Waals surface area contributed by atoms with Crippen molar-refractivity contribution in [3.63, 3.8) is 0 Å². The molecule has 0 spiro atoms. The molecule has 1 heterocycles. The summed E-state index contributed by atoms with van der Waals surface area (Å²) < 4.78 is 13.7. The maximum atomic E-state index is 13.7. The molecule has 4 heteroatoms. The van der Waals surface area contributed by atoms with E-state index in [0.29, 0.717) is 12.0 Å². The van der Waals surface area contributed by atoms with Crippen LogP contribution >= 0.6 is 0 Å². The zero-order valence-corrected chi connectivity index (χ0v) is 10.9. The Morgan fingerprint density at radius 2 is 1.85 bits per heavy atom. The molecule has 2 aromatic rings. The number of anilines is 1. The van der Waals surface area contributed by atoms with Crippen molar-refractivity contribution in [1.29, 1.82) is 0 Å². The number of nitrogens with zero attached hydrogens (tertiary/aromatic N) is 1. The van der Waals surface area contributed by atoms with Crippen LogP contribution in [0.3, 0.4) is 0 Å². The Hall–Kier alpha value is -2.20. The molecule has 3 nitrogen and oxygen atoms in total. The summed E-state index contributed by atoms with van der Waals surface area (Å²) in [7, 11) is 0. The molecule has 3 rings (SSSR count). The molecule has 1 aliphatic heterocycles. The lowest BCUT2D eigenvalue weighted by Gasteiger charge is -2.22. The monoisotopic (exact) mass is 270 g/mol. The topological polar surface area (TPSA) is 46.3 Å². The van der Waals surface area contributed by atoms with Gasteiger partial charge in [-0.25, -0.2) is 4.39 Å². The van der Waals surface area contributed by atoms with E-state index in [1.807, 2.05) is 24.3 Å². The predicted octanol–water partition coefficient (Wildman–Crippen LogP) is 2.41. The van der Waals surface area contributed by atoms with Gasteiger partial charge in [0.2, 0.25) is 5.91 Å². The third-order valence-corrected chi connectivity index (χ3v) is 3.61. The van der Waals surface area contributed by atoms with Gasteiger partial charge in [0.25, 0.3) is 0 Å². The highest BCUT2D eigenvalue weighted by molar-refractivity contribution is 6.01. The third kappa shape index (κ3) is 2.18. The lowest BCUT2D eigenvalue weighted by Crippen LogP contribution is -2.34. The minimum absolute atomic E-state index is 0.0120. The van der Waals surface area contributed by atoms with Gasteiger partial charge in [0, 0.05) is 17.8 Å². The zero-order valence-electron chi connectivity index (χ0n) is 10.9. The van der Waals surface area contributed by atoms with E-state index in [1.165, 1.54) is 6.07 Å². The third-order valence-electron chi connectivity index (χ3n) is 3.61. The van der Waals surface area contributed by atoms with Crippen LogP contribution in [0.2, 0.25) is 0 Å². The van der Waals surface area contributed by atoms with Crippen LogP contribution in [-0.2, 0) is 11.2 Å². The van der Waals surface area contributed by atoms with E-state index in [0.717, 1.165) is 11.3 Å². The van der Waals surface area contributed by atoms with Crippen molar-refractivity contribution in [2.75, 3.05) is 11.4 Å². The molecule has 102 valence electrons. The number of para-hydroxylation sites is 1. The lowest BCUT2D eigenvalue weighted by atomic mass is 10.1. The molecule has 0 aliphatic carbocycles. The van der Waals surface area contributed by atoms with Gasteiger partial charge in [-0.3, -0.25) is 4.79 Å². The van der Waals surface area contributed by atoms with Gasteiger partial charge in [0.15, 0.2) is 0 Å². The Labute approximate surface area is 116 Å². The second kappa shape index (κ2) is 5.06. The average molecular weight is 270 g/mol. The molecule has 0 radical (unpaired) electrons. The fourth-order valence-electron chi connectivity index (χ4n) is 2.59. The van der Waals surface area contributed by atoms with E-state index < -0.39 is 6.04 Å². The van der Waals surface area contributed by atoms with Crippen LogP contribution in [-0.4, -0.2) is 12.5 Å². The summed E-state index contributed by atoms with van der Waals surface area (Å²) >= 11 is 0. The zero-order chi connectivity index (χ0) is 14.1. The first kappa shape index (κ1) is 12.8. The van der Waals surface area contributed by atoms with Crippen molar-refractivity contribution in [1.82, 2.24) is 0 Å². The SMILES string of the molecule is NC(CN1C(=O)Cc2ccccc21)c1ccccc1F. The Bertz CT molecular complexity index is 656. The molecule has 0 bridgehead atoms. The van der Waals surface area contributed by atoms with Gasteiger partial charge >= 0.3 is 0 Å². The van der Waals surface area contributed by atoms with E-state index in [-0.39, 0.29) is 18.3 Å². The lowest BCUT2D eigenvalue weighted by molar-refractivity contribution is -0.117. The fourth-order valence-corrected chi connectivity index (χ4v) is 2.59. The number of halogens is 1. The van der Waals surface area contributed by atoms with Gasteiger partial charge in [-0.2, -0.15) is 0 Å². The molecule has 0 saturated heterocycles. The molecule has 0 aromatic heterocycles. The second-order valence-electron chi connectivity index (χ2n) is 4.94. The van der Waals surface area contributed by atoms with Crippen LogP contribution in [0.25, 0.3) is 0 Å². The molecule has 2 N–H and O–H groups in total. The van der Waals surface area contributed by atoms with Gasteiger partial charge in [-0.1, -0.05) is 36.4 Å². The van der Waals surface area contributed by atoms with Crippen molar-refractivity contribution in [2.24, 2.45) is 5.73 Å². The number of hydrogen-bond donors (Lipinski definition) is 1. The van der Waals surface area contributed by atoms with Crippen LogP contribution in [0, 0.1) is 5.82 Å². The Balaban J connectivity index is 1.85. The quantitative estimate of drug-likeness (QED) is 0.931. The van der Waals surface area contributed by atoms with Gasteiger partial charge in [0.1, 0.15) is 5.82 Å². The number of hydrogen-bond acceptors (Lipinski definition) is 2. The van der Waals surface area contributed by atoms with Crippen LogP contribution in [0.5, 0.6) is 0 Å². The van der Waals surface area contributed by atoms with Crippen molar-refractivity contribution in [3.05, 3.63) is 65.5 Å². The van der Waals surface area contributed by atoms with Crippen molar-refractivity contribution >= 4 is 11.6 Å². The summed E-state index contributed by atoms with van der Waals surface area (Å²) in [6, 6.07) is 13.5. The molecule has 20 heavy (non-hydrogen) atoms. The normalized spacial score (nSPS) is 15.3. The van der Waals surface area contributed by atoms with Gasteiger partial charge in [-0.05, 0) is 17.7 Å². The molecule has 0 fully saturated rings. The molecular weight excluding hydrogens is 255 g/mol. The number of rotatable bonds is 3.